The first-order chi connectivity index (χ1) is 11.3. The molecule has 2 heterocycles. The number of nitrogens with zero attached hydrogens (tertiary/aromatic N) is 2. The van der Waals surface area contributed by atoms with Gasteiger partial charge in [-0.25, -0.2) is 4.98 Å². The number of rotatable bonds is 6. The molecule has 0 radical (unpaired) electrons. The van der Waals surface area contributed by atoms with Crippen LogP contribution < -0.4 is 9.64 Å². The van der Waals surface area contributed by atoms with Crippen molar-refractivity contribution in [3.63, 3.8) is 0 Å². The van der Waals surface area contributed by atoms with Crippen molar-refractivity contribution in [1.82, 2.24) is 4.98 Å². The lowest BCUT2D eigenvalue weighted by Crippen LogP contribution is -2.36. The number of anilines is 1. The van der Waals surface area contributed by atoms with Crippen molar-refractivity contribution >= 4 is 16.7 Å². The van der Waals surface area contributed by atoms with Crippen LogP contribution in [0.1, 0.15) is 25.7 Å². The second kappa shape index (κ2) is 7.64. The van der Waals surface area contributed by atoms with Gasteiger partial charge in [0.25, 0.3) is 0 Å². The highest BCUT2D eigenvalue weighted by atomic mass is 16.5. The van der Waals surface area contributed by atoms with E-state index >= 15 is 0 Å². The Bertz CT molecular complexity index is 644. The molecule has 4 heteroatoms. The first-order valence-corrected chi connectivity index (χ1v) is 8.49. The fourth-order valence-electron chi connectivity index (χ4n) is 3.48. The zero-order valence-electron chi connectivity index (χ0n) is 14.1. The first kappa shape index (κ1) is 16.1. The number of hydrogen-bond donors (Lipinski definition) is 0. The van der Waals surface area contributed by atoms with Crippen molar-refractivity contribution in [3.8, 4) is 5.75 Å². The standard InChI is InChI=1S/C19H26N2O2/c1-22-13-5-7-15-6-4-12-21(14-15)18-11-10-16-8-3-9-17(23-2)19(16)20-18/h3,8-11,15H,4-7,12-14H2,1-2H3/t15-/m0/s1. The van der Waals surface area contributed by atoms with Gasteiger partial charge in [0.2, 0.25) is 0 Å². The van der Waals surface area contributed by atoms with Gasteiger partial charge in [0, 0.05) is 32.2 Å². The second-order valence-corrected chi connectivity index (χ2v) is 6.29. The number of methoxy groups -OCH3 is 2. The molecular weight excluding hydrogens is 288 g/mol. The van der Waals surface area contributed by atoms with Crippen LogP contribution in [0.5, 0.6) is 5.75 Å². The summed E-state index contributed by atoms with van der Waals surface area (Å²) in [6.07, 6.45) is 4.94. The summed E-state index contributed by atoms with van der Waals surface area (Å²) in [7, 11) is 3.48. The van der Waals surface area contributed by atoms with Crippen LogP contribution in [-0.2, 0) is 4.74 Å². The number of fused-ring (bicyclic) bond motifs is 1. The maximum Gasteiger partial charge on any atom is 0.145 e. The molecule has 3 rings (SSSR count). The number of para-hydroxylation sites is 1. The predicted octanol–water partition coefficient (Wildman–Crippen LogP) is 3.89. The van der Waals surface area contributed by atoms with Gasteiger partial charge in [-0.15, -0.1) is 0 Å². The molecular formula is C19H26N2O2. The van der Waals surface area contributed by atoms with Gasteiger partial charge in [-0.3, -0.25) is 0 Å². The molecule has 124 valence electrons. The van der Waals surface area contributed by atoms with E-state index in [-0.39, 0.29) is 0 Å². The van der Waals surface area contributed by atoms with Gasteiger partial charge in [-0.2, -0.15) is 0 Å². The molecule has 1 atom stereocenters. The quantitative estimate of drug-likeness (QED) is 0.758. The summed E-state index contributed by atoms with van der Waals surface area (Å²) in [6.45, 7) is 3.05. The molecule has 0 saturated carbocycles. The number of piperidine rings is 1. The highest BCUT2D eigenvalue weighted by Gasteiger charge is 2.21. The Labute approximate surface area is 138 Å². The maximum atomic E-state index is 5.46. The van der Waals surface area contributed by atoms with Gasteiger partial charge < -0.3 is 14.4 Å². The van der Waals surface area contributed by atoms with Crippen LogP contribution in [0.25, 0.3) is 10.9 Å². The summed E-state index contributed by atoms with van der Waals surface area (Å²) in [6, 6.07) is 10.4. The molecule has 1 aliphatic heterocycles. The van der Waals surface area contributed by atoms with Gasteiger partial charge in [-0.1, -0.05) is 12.1 Å². The molecule has 0 spiro atoms. The first-order valence-electron chi connectivity index (χ1n) is 8.49. The summed E-state index contributed by atoms with van der Waals surface area (Å²) < 4.78 is 10.6. The summed E-state index contributed by atoms with van der Waals surface area (Å²) >= 11 is 0. The van der Waals surface area contributed by atoms with Crippen LogP contribution in [-0.4, -0.2) is 38.9 Å². The van der Waals surface area contributed by atoms with Crippen molar-refractivity contribution in [3.05, 3.63) is 30.3 Å². The van der Waals surface area contributed by atoms with E-state index in [4.69, 9.17) is 14.5 Å². The lowest BCUT2D eigenvalue weighted by atomic mass is 9.93. The summed E-state index contributed by atoms with van der Waals surface area (Å²) in [5, 5.41) is 1.13. The van der Waals surface area contributed by atoms with E-state index in [0.29, 0.717) is 0 Å². The zero-order valence-corrected chi connectivity index (χ0v) is 14.1. The van der Waals surface area contributed by atoms with Crippen LogP contribution in [0.2, 0.25) is 0 Å². The van der Waals surface area contributed by atoms with Crippen molar-refractivity contribution in [2.24, 2.45) is 5.92 Å². The third-order valence-electron chi connectivity index (χ3n) is 4.69. The SMILES string of the molecule is COCCC[C@@H]1CCCN(c2ccc3cccc(OC)c3n2)C1. The van der Waals surface area contributed by atoms with E-state index in [1.54, 1.807) is 14.2 Å². The fourth-order valence-corrected chi connectivity index (χ4v) is 3.48. The Kier molecular flexibility index (Phi) is 5.34. The molecule has 4 nitrogen and oxygen atoms in total. The smallest absolute Gasteiger partial charge is 0.145 e. The molecule has 1 fully saturated rings. The summed E-state index contributed by atoms with van der Waals surface area (Å²) in [5.74, 6) is 2.66. The molecule has 23 heavy (non-hydrogen) atoms. The molecule has 0 aliphatic carbocycles. The van der Waals surface area contributed by atoms with E-state index in [2.05, 4.69) is 23.1 Å². The number of benzene rings is 1. The monoisotopic (exact) mass is 314 g/mol. The topological polar surface area (TPSA) is 34.6 Å². The Hall–Kier alpha value is -1.81. The Morgan fingerprint density at radius 1 is 1.22 bits per heavy atom. The molecule has 2 aromatic rings. The van der Waals surface area contributed by atoms with Gasteiger partial charge in [-0.05, 0) is 49.8 Å². The average molecular weight is 314 g/mol. The summed E-state index contributed by atoms with van der Waals surface area (Å²) in [4.78, 5) is 7.30. The molecule has 1 aromatic carbocycles. The number of hydrogen-bond acceptors (Lipinski definition) is 4. The summed E-state index contributed by atoms with van der Waals surface area (Å²) in [5.41, 5.74) is 0.953. The van der Waals surface area contributed by atoms with Crippen molar-refractivity contribution in [2.75, 3.05) is 38.8 Å². The molecule has 0 N–H and O–H groups in total. The Morgan fingerprint density at radius 2 is 2.13 bits per heavy atom. The molecule has 0 unspecified atom stereocenters. The van der Waals surface area contributed by atoms with Gasteiger partial charge >= 0.3 is 0 Å². The number of aromatic nitrogens is 1. The molecule has 1 saturated heterocycles. The maximum absolute atomic E-state index is 5.46. The van der Waals surface area contributed by atoms with Crippen molar-refractivity contribution in [1.29, 1.82) is 0 Å². The molecule has 1 aliphatic rings. The number of ether oxygens (including phenoxy) is 2. The molecule has 1 aromatic heterocycles. The minimum absolute atomic E-state index is 0.745. The van der Waals surface area contributed by atoms with E-state index < -0.39 is 0 Å². The zero-order chi connectivity index (χ0) is 16.1. The Balaban J connectivity index is 1.76. The van der Waals surface area contributed by atoms with Crippen LogP contribution in [0, 0.1) is 5.92 Å². The third-order valence-corrected chi connectivity index (χ3v) is 4.69. The average Bonchev–Trinajstić information content (AvgIpc) is 2.61. The highest BCUT2D eigenvalue weighted by molar-refractivity contribution is 5.85. The lowest BCUT2D eigenvalue weighted by Gasteiger charge is -2.33. The minimum atomic E-state index is 0.745. The van der Waals surface area contributed by atoms with E-state index in [9.17, 15) is 0 Å². The van der Waals surface area contributed by atoms with Gasteiger partial charge in [0.1, 0.15) is 17.1 Å². The molecule has 0 bridgehead atoms. The van der Waals surface area contributed by atoms with E-state index in [0.717, 1.165) is 54.5 Å². The fraction of sp³-hybridized carbons (Fsp3) is 0.526. The lowest BCUT2D eigenvalue weighted by molar-refractivity contribution is 0.184. The largest absolute Gasteiger partial charge is 0.494 e. The highest BCUT2D eigenvalue weighted by Crippen LogP contribution is 2.29. The molecule has 0 amide bonds. The minimum Gasteiger partial charge on any atom is -0.494 e. The van der Waals surface area contributed by atoms with Gasteiger partial charge in [0.15, 0.2) is 0 Å². The van der Waals surface area contributed by atoms with E-state index in [1.807, 2.05) is 12.1 Å². The Morgan fingerprint density at radius 3 is 2.96 bits per heavy atom. The van der Waals surface area contributed by atoms with Gasteiger partial charge in [0.05, 0.1) is 7.11 Å². The third kappa shape index (κ3) is 3.75. The normalized spacial score (nSPS) is 18.3. The number of pyridine rings is 1. The van der Waals surface area contributed by atoms with Crippen LogP contribution in [0.3, 0.4) is 0 Å². The van der Waals surface area contributed by atoms with Crippen LogP contribution >= 0.6 is 0 Å². The van der Waals surface area contributed by atoms with E-state index in [1.165, 1.54) is 19.3 Å². The predicted molar refractivity (Wildman–Crippen MR) is 94.3 cm³/mol. The second-order valence-electron chi connectivity index (χ2n) is 6.29. The van der Waals surface area contributed by atoms with Crippen LogP contribution in [0.4, 0.5) is 5.82 Å². The van der Waals surface area contributed by atoms with Crippen molar-refractivity contribution in [2.45, 2.75) is 25.7 Å². The van der Waals surface area contributed by atoms with Crippen LogP contribution in [0.15, 0.2) is 30.3 Å². The van der Waals surface area contributed by atoms with Crippen molar-refractivity contribution < 1.29 is 9.47 Å².